The van der Waals surface area contributed by atoms with E-state index in [1.807, 2.05) is 13.0 Å². The first-order chi connectivity index (χ1) is 16.2. The fourth-order valence-corrected chi connectivity index (χ4v) is 4.43. The molecule has 0 aliphatic carbocycles. The molecule has 1 saturated heterocycles. The topological polar surface area (TPSA) is 103 Å². The van der Waals surface area contributed by atoms with Crippen molar-refractivity contribution in [2.24, 2.45) is 0 Å². The van der Waals surface area contributed by atoms with Crippen LogP contribution in [0.2, 0.25) is 0 Å². The number of rotatable bonds is 5. The molecule has 0 bridgehead atoms. The minimum absolute atomic E-state index is 0.0408. The summed E-state index contributed by atoms with van der Waals surface area (Å²) in [4.78, 5) is 48.1. The lowest BCUT2D eigenvalue weighted by molar-refractivity contribution is 0.0958. The maximum atomic E-state index is 15.2. The molecule has 1 aromatic carbocycles. The van der Waals surface area contributed by atoms with Crippen molar-refractivity contribution in [2.45, 2.75) is 33.4 Å². The number of aromatic amines is 1. The van der Waals surface area contributed by atoms with Crippen molar-refractivity contribution >= 4 is 22.5 Å². The highest BCUT2D eigenvalue weighted by atomic mass is 19.1. The van der Waals surface area contributed by atoms with Gasteiger partial charge in [0.15, 0.2) is 5.82 Å². The molecule has 10 heteroatoms. The number of benzene rings is 1. The fraction of sp³-hybridized carbons (Fsp3) is 0.417. The number of H-pyrrole nitrogens is 1. The maximum Gasteiger partial charge on any atom is 0.329 e. The molecular weight excluding hydrogens is 439 g/mol. The number of aryl methyl sites for hydroxylation is 1. The third kappa shape index (κ3) is 4.33. The number of fused-ring (bicyclic) bond motifs is 1. The van der Waals surface area contributed by atoms with E-state index in [4.69, 9.17) is 0 Å². The Kier molecular flexibility index (Phi) is 6.52. The summed E-state index contributed by atoms with van der Waals surface area (Å²) in [5, 5.41) is 2.74. The molecule has 1 aliphatic heterocycles. The first kappa shape index (κ1) is 23.6. The predicted octanol–water partition coefficient (Wildman–Crippen LogP) is 1.80. The van der Waals surface area contributed by atoms with Crippen molar-refractivity contribution in [3.63, 3.8) is 0 Å². The summed E-state index contributed by atoms with van der Waals surface area (Å²) in [6, 6.07) is 6.51. The number of hydrogen-bond acceptors (Lipinski definition) is 6. The van der Waals surface area contributed by atoms with Gasteiger partial charge in [0.2, 0.25) is 0 Å². The van der Waals surface area contributed by atoms with Gasteiger partial charge in [-0.2, -0.15) is 0 Å². The molecule has 1 amide bonds. The van der Waals surface area contributed by atoms with Gasteiger partial charge in [0.25, 0.3) is 11.5 Å². The molecule has 3 aromatic rings. The smallest absolute Gasteiger partial charge is 0.329 e. The van der Waals surface area contributed by atoms with Crippen molar-refractivity contribution in [1.82, 2.24) is 24.8 Å². The summed E-state index contributed by atoms with van der Waals surface area (Å²) in [6.45, 7) is 8.60. The van der Waals surface area contributed by atoms with E-state index < -0.39 is 17.1 Å². The minimum atomic E-state index is -0.608. The molecule has 0 saturated carbocycles. The predicted molar refractivity (Wildman–Crippen MR) is 129 cm³/mol. The number of amides is 1. The van der Waals surface area contributed by atoms with Gasteiger partial charge in [-0.15, -0.1) is 0 Å². The number of carbonyl (C=O) groups excluding carboxylic acids is 1. The molecule has 34 heavy (non-hydrogen) atoms. The van der Waals surface area contributed by atoms with Gasteiger partial charge in [0.05, 0.1) is 22.3 Å². The molecular formula is C24H29FN6O3. The van der Waals surface area contributed by atoms with Gasteiger partial charge in [-0.25, -0.2) is 14.2 Å². The number of nitrogens with one attached hydrogen (secondary N) is 2. The zero-order valence-electron chi connectivity index (χ0n) is 19.8. The Balaban J connectivity index is 1.49. The van der Waals surface area contributed by atoms with Crippen molar-refractivity contribution in [1.29, 1.82) is 0 Å². The quantitative estimate of drug-likeness (QED) is 0.592. The minimum Gasteiger partial charge on any atom is -0.368 e. The molecule has 9 nitrogen and oxygen atoms in total. The standard InChI is InChI=1S/C24H29FN6O3/c1-14(2)31-23(33)17-6-5-16(20(25)21(17)28-24(31)34)13-29-9-11-30(12-10-29)19-8-7-18(22(32)26-4)27-15(19)3/h5-8,14H,9-13H2,1-4H3,(H,26,32)(H,28,34). The molecule has 2 aromatic heterocycles. The molecule has 180 valence electrons. The third-order valence-electron chi connectivity index (χ3n) is 6.26. The van der Waals surface area contributed by atoms with Crippen LogP contribution in [0.25, 0.3) is 10.9 Å². The van der Waals surface area contributed by atoms with Crippen molar-refractivity contribution in [3.05, 3.63) is 67.9 Å². The van der Waals surface area contributed by atoms with E-state index in [2.05, 4.69) is 25.1 Å². The first-order valence-corrected chi connectivity index (χ1v) is 11.3. The molecule has 1 fully saturated rings. The van der Waals surface area contributed by atoms with Gasteiger partial charge in [-0.3, -0.25) is 19.1 Å². The zero-order valence-corrected chi connectivity index (χ0v) is 19.8. The van der Waals surface area contributed by atoms with Crippen LogP contribution in [-0.2, 0) is 6.54 Å². The second-order valence-corrected chi connectivity index (χ2v) is 8.80. The summed E-state index contributed by atoms with van der Waals surface area (Å²) in [5.41, 5.74) is 1.44. The normalized spacial score (nSPS) is 14.7. The van der Waals surface area contributed by atoms with E-state index in [0.717, 1.165) is 29.0 Å². The van der Waals surface area contributed by atoms with Gasteiger partial charge in [0, 0.05) is 51.4 Å². The molecule has 4 rings (SSSR count). The lowest BCUT2D eigenvalue weighted by Crippen LogP contribution is -2.46. The zero-order chi connectivity index (χ0) is 24.6. The number of halogens is 1. The summed E-state index contributed by atoms with van der Waals surface area (Å²) < 4.78 is 16.3. The summed E-state index contributed by atoms with van der Waals surface area (Å²) in [7, 11) is 1.57. The van der Waals surface area contributed by atoms with E-state index in [1.54, 1.807) is 39.1 Å². The Morgan fingerprint density at radius 2 is 1.85 bits per heavy atom. The highest BCUT2D eigenvalue weighted by molar-refractivity contribution is 5.92. The number of pyridine rings is 1. The van der Waals surface area contributed by atoms with E-state index in [0.29, 0.717) is 30.9 Å². The lowest BCUT2D eigenvalue weighted by atomic mass is 10.1. The van der Waals surface area contributed by atoms with Crippen LogP contribution in [0.4, 0.5) is 10.1 Å². The Morgan fingerprint density at radius 1 is 1.15 bits per heavy atom. The molecule has 0 atom stereocenters. The van der Waals surface area contributed by atoms with Crippen LogP contribution in [0.1, 0.15) is 41.6 Å². The highest BCUT2D eigenvalue weighted by Crippen LogP contribution is 2.23. The summed E-state index contributed by atoms with van der Waals surface area (Å²) in [6.07, 6.45) is 0. The van der Waals surface area contributed by atoms with Crippen LogP contribution in [-0.4, -0.2) is 58.6 Å². The van der Waals surface area contributed by atoms with E-state index in [-0.39, 0.29) is 22.9 Å². The van der Waals surface area contributed by atoms with Crippen molar-refractivity contribution < 1.29 is 9.18 Å². The van der Waals surface area contributed by atoms with Crippen LogP contribution in [0.15, 0.2) is 33.9 Å². The van der Waals surface area contributed by atoms with Crippen LogP contribution in [0.5, 0.6) is 0 Å². The molecule has 0 unspecified atom stereocenters. The first-order valence-electron chi connectivity index (χ1n) is 11.3. The van der Waals surface area contributed by atoms with Crippen molar-refractivity contribution in [2.75, 3.05) is 38.1 Å². The second-order valence-electron chi connectivity index (χ2n) is 8.80. The molecule has 3 heterocycles. The number of anilines is 1. The summed E-state index contributed by atoms with van der Waals surface area (Å²) >= 11 is 0. The van der Waals surface area contributed by atoms with E-state index in [9.17, 15) is 14.4 Å². The number of aromatic nitrogens is 3. The van der Waals surface area contributed by atoms with Crippen LogP contribution in [0.3, 0.4) is 0 Å². The maximum absolute atomic E-state index is 15.2. The molecule has 0 spiro atoms. The Labute approximate surface area is 196 Å². The Hall–Kier alpha value is -3.53. The Morgan fingerprint density at radius 3 is 2.47 bits per heavy atom. The fourth-order valence-electron chi connectivity index (χ4n) is 4.43. The van der Waals surface area contributed by atoms with Gasteiger partial charge in [-0.1, -0.05) is 6.07 Å². The van der Waals surface area contributed by atoms with Gasteiger partial charge in [-0.05, 0) is 39.0 Å². The number of hydrogen-bond donors (Lipinski definition) is 2. The second kappa shape index (κ2) is 9.38. The average molecular weight is 469 g/mol. The Bertz CT molecular complexity index is 1360. The molecule has 0 radical (unpaired) electrons. The highest BCUT2D eigenvalue weighted by Gasteiger charge is 2.22. The number of piperazine rings is 1. The average Bonchev–Trinajstić information content (AvgIpc) is 2.81. The third-order valence-corrected chi connectivity index (χ3v) is 6.26. The van der Waals surface area contributed by atoms with Gasteiger partial charge >= 0.3 is 5.69 Å². The summed E-state index contributed by atoms with van der Waals surface area (Å²) in [5.74, 6) is -0.781. The lowest BCUT2D eigenvalue weighted by Gasteiger charge is -2.36. The molecule has 1 aliphatic rings. The molecule has 2 N–H and O–H groups in total. The van der Waals surface area contributed by atoms with Gasteiger partial charge in [0.1, 0.15) is 5.69 Å². The van der Waals surface area contributed by atoms with Gasteiger partial charge < -0.3 is 15.2 Å². The van der Waals surface area contributed by atoms with Crippen molar-refractivity contribution in [3.8, 4) is 0 Å². The number of carbonyl (C=O) groups is 1. The monoisotopic (exact) mass is 468 g/mol. The van der Waals surface area contributed by atoms with Crippen LogP contribution < -0.4 is 21.5 Å². The van der Waals surface area contributed by atoms with Crippen LogP contribution in [0, 0.1) is 12.7 Å². The largest absolute Gasteiger partial charge is 0.368 e. The van der Waals surface area contributed by atoms with Crippen LogP contribution >= 0.6 is 0 Å². The van der Waals surface area contributed by atoms with E-state index in [1.165, 1.54) is 0 Å². The SMILES string of the molecule is CNC(=O)c1ccc(N2CCN(Cc3ccc4c(=O)n(C(C)C)c(=O)[nH]c4c3F)CC2)c(C)n1. The van der Waals surface area contributed by atoms with E-state index >= 15 is 4.39 Å². The number of nitrogens with zero attached hydrogens (tertiary/aromatic N) is 4.